The fraction of sp³-hybridized carbons (Fsp3) is 0.579. The van der Waals surface area contributed by atoms with Crippen LogP contribution in [0.5, 0.6) is 0 Å². The van der Waals surface area contributed by atoms with Gasteiger partial charge in [0.1, 0.15) is 6.54 Å². The van der Waals surface area contributed by atoms with Gasteiger partial charge in [0.05, 0.1) is 0 Å². The highest BCUT2D eigenvalue weighted by atomic mass is 127. The molecule has 0 bridgehead atoms. The molecule has 1 saturated carbocycles. The smallest absolute Gasteiger partial charge is 0.244 e. The van der Waals surface area contributed by atoms with Crippen molar-refractivity contribution in [3.63, 3.8) is 0 Å². The van der Waals surface area contributed by atoms with Crippen molar-refractivity contribution in [3.8, 4) is 0 Å². The van der Waals surface area contributed by atoms with Crippen molar-refractivity contribution in [1.82, 2.24) is 25.8 Å². The number of aliphatic imine (C=N–C) groups is 1. The van der Waals surface area contributed by atoms with Crippen LogP contribution in [0.1, 0.15) is 25.5 Å². The van der Waals surface area contributed by atoms with E-state index in [4.69, 9.17) is 0 Å². The van der Waals surface area contributed by atoms with Crippen molar-refractivity contribution in [2.45, 2.75) is 26.2 Å². The fourth-order valence-electron chi connectivity index (χ4n) is 2.42. The first-order valence-electron chi connectivity index (χ1n) is 9.54. The van der Waals surface area contributed by atoms with Gasteiger partial charge in [-0.3, -0.25) is 14.6 Å². The summed E-state index contributed by atoms with van der Waals surface area (Å²) in [5.41, 5.74) is 0.962. The number of nitrogens with one attached hydrogen (secondary N) is 3. The molecular weight excluding hydrogens is 471 g/mol. The minimum atomic E-state index is -0.0508. The lowest BCUT2D eigenvalue weighted by atomic mass is 10.2. The van der Waals surface area contributed by atoms with Crippen molar-refractivity contribution in [3.05, 3.63) is 30.1 Å². The van der Waals surface area contributed by atoms with Gasteiger partial charge in [0.25, 0.3) is 0 Å². The van der Waals surface area contributed by atoms with Gasteiger partial charge in [-0.05, 0) is 31.9 Å². The molecule has 0 atom stereocenters. The normalized spacial score (nSPS) is 13.3. The van der Waals surface area contributed by atoms with E-state index in [2.05, 4.69) is 25.9 Å². The number of nitrogens with zero attached hydrogens (tertiary/aromatic N) is 3. The molecule has 0 saturated heterocycles. The summed E-state index contributed by atoms with van der Waals surface area (Å²) in [4.78, 5) is 34.1. The average Bonchev–Trinajstić information content (AvgIpc) is 3.53. The molecule has 0 spiro atoms. The third kappa shape index (κ3) is 9.34. The molecule has 1 aromatic heterocycles. The quantitative estimate of drug-likeness (QED) is 0.190. The highest BCUT2D eigenvalue weighted by Gasteiger charge is 2.28. The van der Waals surface area contributed by atoms with Crippen LogP contribution in [0.3, 0.4) is 0 Å². The van der Waals surface area contributed by atoms with Crippen LogP contribution in [-0.4, -0.2) is 67.4 Å². The Morgan fingerprint density at radius 2 is 1.96 bits per heavy atom. The van der Waals surface area contributed by atoms with Gasteiger partial charge in [-0.1, -0.05) is 6.07 Å². The second-order valence-electron chi connectivity index (χ2n) is 6.57. The lowest BCUT2D eigenvalue weighted by Crippen LogP contribution is -2.42. The summed E-state index contributed by atoms with van der Waals surface area (Å²) in [6.07, 6.45) is 4.47. The molecule has 0 aromatic carbocycles. The molecule has 2 rings (SSSR count). The van der Waals surface area contributed by atoms with E-state index in [0.717, 1.165) is 18.5 Å². The minimum Gasteiger partial charge on any atom is -0.357 e. The van der Waals surface area contributed by atoms with Gasteiger partial charge in [0.2, 0.25) is 11.8 Å². The molecule has 1 aromatic rings. The maximum Gasteiger partial charge on any atom is 0.244 e. The van der Waals surface area contributed by atoms with E-state index >= 15 is 0 Å². The van der Waals surface area contributed by atoms with Gasteiger partial charge >= 0.3 is 0 Å². The van der Waals surface area contributed by atoms with Crippen LogP contribution in [0, 0.1) is 5.92 Å². The van der Waals surface area contributed by atoms with E-state index in [-0.39, 0.29) is 48.3 Å². The predicted molar refractivity (Wildman–Crippen MR) is 121 cm³/mol. The van der Waals surface area contributed by atoms with Crippen LogP contribution in [-0.2, 0) is 16.0 Å². The molecule has 2 amide bonds. The van der Waals surface area contributed by atoms with Crippen molar-refractivity contribution in [2.24, 2.45) is 10.9 Å². The topological polar surface area (TPSA) is 98.7 Å². The largest absolute Gasteiger partial charge is 0.357 e. The summed E-state index contributed by atoms with van der Waals surface area (Å²) < 4.78 is 0. The van der Waals surface area contributed by atoms with Gasteiger partial charge in [-0.2, -0.15) is 0 Å². The van der Waals surface area contributed by atoms with Crippen molar-refractivity contribution in [2.75, 3.05) is 39.8 Å². The predicted octanol–water partition coefficient (Wildman–Crippen LogP) is 0.782. The molecular formula is C19H31IN6O2. The molecule has 3 N–H and O–H groups in total. The fourth-order valence-corrected chi connectivity index (χ4v) is 2.42. The van der Waals surface area contributed by atoms with Crippen molar-refractivity contribution < 1.29 is 9.59 Å². The van der Waals surface area contributed by atoms with Crippen LogP contribution in [0.25, 0.3) is 0 Å². The zero-order valence-corrected chi connectivity index (χ0v) is 18.9. The Bertz CT molecular complexity index is 637. The molecule has 28 heavy (non-hydrogen) atoms. The standard InChI is InChI=1S/C19H30N6O2.HI/c1-3-20-19(23-12-11-22-18(27)15-7-8-15)24-14-17(26)25(2)13-9-16-6-4-5-10-21-16;/h4-6,10,15H,3,7-9,11-14H2,1-2H3,(H,22,27)(H2,20,23,24);1H. The van der Waals surface area contributed by atoms with Gasteiger partial charge in [0, 0.05) is 57.5 Å². The Labute approximate surface area is 184 Å². The number of carbonyl (C=O) groups is 2. The molecule has 0 radical (unpaired) electrons. The molecule has 156 valence electrons. The van der Waals surface area contributed by atoms with E-state index in [0.29, 0.717) is 38.6 Å². The number of hydrogen-bond acceptors (Lipinski definition) is 4. The van der Waals surface area contributed by atoms with Gasteiger partial charge < -0.3 is 20.9 Å². The number of hydrogen-bond donors (Lipinski definition) is 3. The maximum atomic E-state index is 12.3. The molecule has 8 nitrogen and oxygen atoms in total. The monoisotopic (exact) mass is 502 g/mol. The third-order valence-corrected chi connectivity index (χ3v) is 4.24. The first-order valence-corrected chi connectivity index (χ1v) is 9.54. The number of amides is 2. The molecule has 1 fully saturated rings. The Kier molecular flexibility index (Phi) is 11.5. The second-order valence-corrected chi connectivity index (χ2v) is 6.57. The number of pyridine rings is 1. The molecule has 0 aliphatic heterocycles. The van der Waals surface area contributed by atoms with Crippen LogP contribution in [0.2, 0.25) is 0 Å². The van der Waals surface area contributed by atoms with Crippen LogP contribution in [0.15, 0.2) is 29.4 Å². The highest BCUT2D eigenvalue weighted by molar-refractivity contribution is 14.0. The first kappa shape index (κ1) is 24.1. The number of carbonyl (C=O) groups excluding carboxylic acids is 2. The van der Waals surface area contributed by atoms with Gasteiger partial charge in [-0.25, -0.2) is 4.99 Å². The molecule has 0 unspecified atom stereocenters. The number of rotatable bonds is 10. The van der Waals surface area contributed by atoms with Gasteiger partial charge in [-0.15, -0.1) is 24.0 Å². The van der Waals surface area contributed by atoms with E-state index in [9.17, 15) is 9.59 Å². The molecule has 9 heteroatoms. The second kappa shape index (κ2) is 13.3. The van der Waals surface area contributed by atoms with E-state index in [1.165, 1.54) is 0 Å². The summed E-state index contributed by atoms with van der Waals surface area (Å²) >= 11 is 0. The van der Waals surface area contributed by atoms with Crippen LogP contribution < -0.4 is 16.0 Å². The Balaban J connectivity index is 0.00000392. The SMILES string of the molecule is CCNC(=NCC(=O)N(C)CCc1ccccn1)NCCNC(=O)C1CC1.I. The third-order valence-electron chi connectivity index (χ3n) is 4.24. The zero-order valence-electron chi connectivity index (χ0n) is 16.6. The van der Waals surface area contributed by atoms with Crippen LogP contribution in [0.4, 0.5) is 0 Å². The van der Waals surface area contributed by atoms with Crippen molar-refractivity contribution in [1.29, 1.82) is 0 Å². The summed E-state index contributed by atoms with van der Waals surface area (Å²) in [5.74, 6) is 0.865. The lowest BCUT2D eigenvalue weighted by molar-refractivity contribution is -0.128. The molecule has 1 aliphatic rings. The minimum absolute atomic E-state index is 0. The molecule has 1 aliphatic carbocycles. The number of guanidine groups is 1. The van der Waals surface area contributed by atoms with Gasteiger partial charge in [0.15, 0.2) is 5.96 Å². The highest BCUT2D eigenvalue weighted by Crippen LogP contribution is 2.28. The number of halogens is 1. The van der Waals surface area contributed by atoms with E-state index < -0.39 is 0 Å². The van der Waals surface area contributed by atoms with Crippen molar-refractivity contribution >= 4 is 41.8 Å². The number of likely N-dealkylation sites (N-methyl/N-ethyl adjacent to an activating group) is 1. The maximum absolute atomic E-state index is 12.3. The zero-order chi connectivity index (χ0) is 19.5. The van der Waals surface area contributed by atoms with Crippen LogP contribution >= 0.6 is 24.0 Å². The first-order chi connectivity index (χ1) is 13.1. The summed E-state index contributed by atoms with van der Waals surface area (Å²) in [6.45, 7) is 4.44. The Morgan fingerprint density at radius 3 is 2.61 bits per heavy atom. The number of aromatic nitrogens is 1. The lowest BCUT2D eigenvalue weighted by Gasteiger charge is -2.16. The summed E-state index contributed by atoms with van der Waals surface area (Å²) in [5, 5.41) is 9.13. The van der Waals surface area contributed by atoms with E-state index in [1.54, 1.807) is 18.1 Å². The summed E-state index contributed by atoms with van der Waals surface area (Å²) in [6, 6.07) is 5.77. The average molecular weight is 502 g/mol. The Hall–Kier alpha value is -1.91. The Morgan fingerprint density at radius 1 is 1.21 bits per heavy atom. The summed E-state index contributed by atoms with van der Waals surface area (Å²) in [7, 11) is 1.77. The molecule has 1 heterocycles. The van der Waals surface area contributed by atoms with E-state index in [1.807, 2.05) is 25.1 Å².